The minimum Gasteiger partial charge on any atom is -0.462 e. The molecule has 0 aliphatic heterocycles. The van der Waals surface area contributed by atoms with Crippen molar-refractivity contribution in [1.29, 1.82) is 0 Å². The number of hydrogen-bond acceptors (Lipinski definition) is 10. The van der Waals surface area contributed by atoms with Crippen molar-refractivity contribution in [2.75, 3.05) is 26.4 Å². The number of hydrogen-bond donors (Lipinski definition) is 4. The number of esters is 2. The number of aliphatic hydroxyl groups excluding tert-OH is 3. The van der Waals surface area contributed by atoms with E-state index < -0.39 is 51.8 Å². The summed E-state index contributed by atoms with van der Waals surface area (Å²) in [5, 5.41) is 28.1. The molecule has 0 amide bonds. The highest BCUT2D eigenvalue weighted by atomic mass is 31.2. The van der Waals surface area contributed by atoms with Crippen molar-refractivity contribution in [3.63, 3.8) is 0 Å². The molecule has 12 heteroatoms. The third-order valence-electron chi connectivity index (χ3n) is 8.73. The standard InChI is InChI=1S/C43H77O11P/c1-4-5-30-39(45)31-26-22-18-14-10-6-7-11-16-20-24-28-33-43(48)54-41(37-53-55(49,50)52-35-40(46)34-44)36-51-42(47)32-27-23-19-15-12-8-9-13-17-21-25-29-38(2)3/h6-7,14,16,18,20,26,31,38-41,44-46H,4-5,8-13,15,17,19,21-25,27-30,32-37H2,1-3H3,(H,49,50)/b7-6-,18-14-,20-16-,31-26-/t39-,40+,41-/m1/s1. The monoisotopic (exact) mass is 801 g/mol. The van der Waals surface area contributed by atoms with Gasteiger partial charge in [-0.25, -0.2) is 4.57 Å². The lowest BCUT2D eigenvalue weighted by Gasteiger charge is -2.20. The number of allylic oxidation sites excluding steroid dienone is 7. The molecule has 320 valence electrons. The van der Waals surface area contributed by atoms with Crippen molar-refractivity contribution in [3.8, 4) is 0 Å². The number of phosphoric acid groups is 1. The van der Waals surface area contributed by atoms with Gasteiger partial charge in [-0.2, -0.15) is 0 Å². The second-order valence-electron chi connectivity index (χ2n) is 14.7. The van der Waals surface area contributed by atoms with Gasteiger partial charge >= 0.3 is 19.8 Å². The highest BCUT2D eigenvalue weighted by Crippen LogP contribution is 2.43. The lowest BCUT2D eigenvalue weighted by Crippen LogP contribution is -2.29. The van der Waals surface area contributed by atoms with Gasteiger partial charge in [0.2, 0.25) is 0 Å². The number of unbranched alkanes of at least 4 members (excludes halogenated alkanes) is 12. The molecule has 0 spiro atoms. The summed E-state index contributed by atoms with van der Waals surface area (Å²) in [4.78, 5) is 34.9. The quantitative estimate of drug-likeness (QED) is 0.0203. The molecule has 0 aliphatic rings. The lowest BCUT2D eigenvalue weighted by atomic mass is 10.0. The van der Waals surface area contributed by atoms with Crippen LogP contribution in [-0.2, 0) is 32.7 Å². The molecule has 0 saturated carbocycles. The van der Waals surface area contributed by atoms with Gasteiger partial charge in [0, 0.05) is 12.8 Å². The predicted molar refractivity (Wildman–Crippen MR) is 220 cm³/mol. The van der Waals surface area contributed by atoms with Gasteiger partial charge in [0.15, 0.2) is 6.10 Å². The fourth-order valence-electron chi connectivity index (χ4n) is 5.42. The minimum atomic E-state index is -4.64. The zero-order valence-electron chi connectivity index (χ0n) is 34.4. The van der Waals surface area contributed by atoms with Gasteiger partial charge < -0.3 is 29.7 Å². The van der Waals surface area contributed by atoms with E-state index in [1.54, 1.807) is 0 Å². The molecule has 0 bridgehead atoms. The Morgan fingerprint density at radius 2 is 1.16 bits per heavy atom. The average molecular weight is 801 g/mol. The highest BCUT2D eigenvalue weighted by molar-refractivity contribution is 7.47. The van der Waals surface area contributed by atoms with Crippen LogP contribution in [0.2, 0.25) is 0 Å². The van der Waals surface area contributed by atoms with Crippen LogP contribution in [0, 0.1) is 5.92 Å². The SMILES string of the molecule is CCCC[C@@H](O)/C=C\C/C=C\C/C=C\C/C=C\CCCC(=O)O[C@H](COC(=O)CCCCCCCCCCCCCC(C)C)COP(=O)(O)OC[C@@H](O)CO. The van der Waals surface area contributed by atoms with Crippen LogP contribution in [0.1, 0.15) is 162 Å². The average Bonchev–Trinajstić information content (AvgIpc) is 3.15. The summed E-state index contributed by atoms with van der Waals surface area (Å²) in [5.41, 5.74) is 0. The van der Waals surface area contributed by atoms with Crippen LogP contribution in [0.4, 0.5) is 0 Å². The molecule has 11 nitrogen and oxygen atoms in total. The van der Waals surface area contributed by atoms with Gasteiger partial charge in [-0.05, 0) is 50.9 Å². The van der Waals surface area contributed by atoms with E-state index >= 15 is 0 Å². The van der Waals surface area contributed by atoms with Crippen molar-refractivity contribution in [2.45, 2.75) is 180 Å². The molecule has 0 radical (unpaired) electrons. The van der Waals surface area contributed by atoms with Gasteiger partial charge in [-0.3, -0.25) is 18.6 Å². The fraction of sp³-hybridized carbons (Fsp3) is 0.767. The number of aliphatic hydroxyl groups is 3. The number of carbonyl (C=O) groups is 2. The van der Waals surface area contributed by atoms with Gasteiger partial charge in [0.05, 0.1) is 25.9 Å². The first kappa shape index (κ1) is 52.9. The maximum Gasteiger partial charge on any atom is 0.472 e. The Kier molecular flexibility index (Phi) is 36.0. The van der Waals surface area contributed by atoms with Crippen LogP contribution in [0.25, 0.3) is 0 Å². The van der Waals surface area contributed by atoms with Gasteiger partial charge in [-0.1, -0.05) is 153 Å². The van der Waals surface area contributed by atoms with Gasteiger partial charge in [0.1, 0.15) is 12.7 Å². The normalized spacial score (nSPS) is 15.1. The summed E-state index contributed by atoms with van der Waals surface area (Å²) in [6.45, 7) is 4.45. The Balaban J connectivity index is 4.45. The summed E-state index contributed by atoms with van der Waals surface area (Å²) in [6.07, 6.45) is 34.3. The number of ether oxygens (including phenoxy) is 2. The Labute approximate surface area is 333 Å². The van der Waals surface area contributed by atoms with E-state index in [0.29, 0.717) is 19.3 Å². The molecule has 4 N–H and O–H groups in total. The number of rotatable bonds is 38. The van der Waals surface area contributed by atoms with Crippen molar-refractivity contribution in [1.82, 2.24) is 0 Å². The Morgan fingerprint density at radius 3 is 1.75 bits per heavy atom. The first-order valence-corrected chi connectivity index (χ1v) is 22.5. The Hall–Kier alpha value is -2.11. The Morgan fingerprint density at radius 1 is 0.636 bits per heavy atom. The first-order valence-electron chi connectivity index (χ1n) is 21.0. The largest absolute Gasteiger partial charge is 0.472 e. The van der Waals surface area contributed by atoms with Crippen molar-refractivity contribution < 1.29 is 52.9 Å². The summed E-state index contributed by atoms with van der Waals surface area (Å²) in [6, 6.07) is 0. The van der Waals surface area contributed by atoms with Gasteiger partial charge in [-0.15, -0.1) is 0 Å². The first-order chi connectivity index (χ1) is 26.5. The van der Waals surface area contributed by atoms with E-state index in [4.69, 9.17) is 19.1 Å². The molecule has 0 heterocycles. The second-order valence-corrected chi connectivity index (χ2v) is 16.1. The topological polar surface area (TPSA) is 169 Å². The number of carbonyl (C=O) groups excluding carboxylic acids is 2. The molecular formula is C43H77O11P. The summed E-state index contributed by atoms with van der Waals surface area (Å²) >= 11 is 0. The van der Waals surface area contributed by atoms with E-state index in [-0.39, 0.29) is 25.6 Å². The second kappa shape index (κ2) is 37.5. The minimum absolute atomic E-state index is 0.0910. The maximum atomic E-state index is 12.6. The predicted octanol–water partition coefficient (Wildman–Crippen LogP) is 9.77. The molecule has 0 aromatic rings. The van der Waals surface area contributed by atoms with Crippen LogP contribution >= 0.6 is 7.82 Å². The smallest absolute Gasteiger partial charge is 0.462 e. The number of phosphoric ester groups is 1. The van der Waals surface area contributed by atoms with Crippen molar-refractivity contribution in [3.05, 3.63) is 48.6 Å². The van der Waals surface area contributed by atoms with E-state index in [2.05, 4.69) is 49.6 Å². The molecule has 0 aromatic carbocycles. The lowest BCUT2D eigenvalue weighted by molar-refractivity contribution is -0.161. The van der Waals surface area contributed by atoms with E-state index in [1.165, 1.54) is 51.4 Å². The molecular weight excluding hydrogens is 723 g/mol. The van der Waals surface area contributed by atoms with E-state index in [1.807, 2.05) is 24.3 Å². The molecule has 0 aliphatic carbocycles. The molecule has 0 aromatic heterocycles. The molecule has 55 heavy (non-hydrogen) atoms. The van der Waals surface area contributed by atoms with Gasteiger partial charge in [0.25, 0.3) is 0 Å². The molecule has 0 fully saturated rings. The molecule has 4 atom stereocenters. The molecule has 0 saturated heterocycles. The zero-order valence-corrected chi connectivity index (χ0v) is 35.3. The van der Waals surface area contributed by atoms with Crippen LogP contribution in [0.15, 0.2) is 48.6 Å². The van der Waals surface area contributed by atoms with E-state index in [9.17, 15) is 29.3 Å². The van der Waals surface area contributed by atoms with Crippen molar-refractivity contribution >= 4 is 19.8 Å². The van der Waals surface area contributed by atoms with E-state index in [0.717, 1.165) is 63.7 Å². The fourth-order valence-corrected chi connectivity index (χ4v) is 6.21. The summed E-state index contributed by atoms with van der Waals surface area (Å²) in [5.74, 6) is -0.220. The Bertz CT molecular complexity index is 1090. The van der Waals surface area contributed by atoms with Crippen molar-refractivity contribution in [2.24, 2.45) is 5.92 Å². The molecule has 0 rings (SSSR count). The maximum absolute atomic E-state index is 12.6. The van der Waals surface area contributed by atoms with Crippen LogP contribution in [0.5, 0.6) is 0 Å². The van der Waals surface area contributed by atoms with Crippen LogP contribution in [0.3, 0.4) is 0 Å². The third kappa shape index (κ3) is 38.5. The molecule has 1 unspecified atom stereocenters. The van der Waals surface area contributed by atoms with Crippen LogP contribution in [-0.4, -0.2) is 76.9 Å². The van der Waals surface area contributed by atoms with Crippen LogP contribution < -0.4 is 0 Å². The zero-order chi connectivity index (χ0) is 40.8. The third-order valence-corrected chi connectivity index (χ3v) is 9.69. The summed E-state index contributed by atoms with van der Waals surface area (Å²) in [7, 11) is -4.64. The highest BCUT2D eigenvalue weighted by Gasteiger charge is 2.27. The summed E-state index contributed by atoms with van der Waals surface area (Å²) < 4.78 is 32.6.